The summed E-state index contributed by atoms with van der Waals surface area (Å²) in [7, 11) is 0. The zero-order valence-electron chi connectivity index (χ0n) is 30.2. The van der Waals surface area contributed by atoms with Crippen molar-refractivity contribution in [3.05, 3.63) is 194 Å². The molecule has 4 heterocycles. The van der Waals surface area contributed by atoms with Gasteiger partial charge in [-0.1, -0.05) is 158 Å². The molecule has 0 radical (unpaired) electrons. The normalized spacial score (nSPS) is 11.6. The van der Waals surface area contributed by atoms with Crippen LogP contribution in [0.25, 0.3) is 104 Å². The summed E-state index contributed by atoms with van der Waals surface area (Å²) >= 11 is 1.87. The lowest BCUT2D eigenvalue weighted by Crippen LogP contribution is -1.96. The Balaban J connectivity index is 1.09. The van der Waals surface area contributed by atoms with Crippen molar-refractivity contribution in [2.45, 2.75) is 0 Å². The third-order valence-electron chi connectivity index (χ3n) is 10.6. The van der Waals surface area contributed by atoms with Crippen molar-refractivity contribution in [1.82, 2.24) is 19.5 Å². The molecule has 0 unspecified atom stereocenters. The first-order valence-electron chi connectivity index (χ1n) is 18.8. The minimum Gasteiger partial charge on any atom is -0.308 e. The van der Waals surface area contributed by atoms with Gasteiger partial charge >= 0.3 is 0 Å². The second kappa shape index (κ2) is 13.3. The fourth-order valence-corrected chi connectivity index (χ4v) is 9.28. The first-order valence-corrected chi connectivity index (χ1v) is 19.6. The van der Waals surface area contributed by atoms with E-state index in [-0.39, 0.29) is 0 Å². The summed E-state index contributed by atoms with van der Waals surface area (Å²) in [5.74, 6) is 0.713. The molecule has 262 valence electrons. The van der Waals surface area contributed by atoms with E-state index in [4.69, 9.17) is 15.0 Å². The molecule has 0 aliphatic heterocycles. The zero-order valence-corrected chi connectivity index (χ0v) is 31.0. The SMILES string of the molecule is c1ccc(-c2cc(-c3ccc(-c4ccc5c(c4)c4sc6c7ccccc7nc(-c7ccccc7)c6c4n5-c4ccccc4)cc3)nc(-c3ccccc3)n2)cc1. The van der Waals surface area contributed by atoms with Crippen LogP contribution in [0.4, 0.5) is 0 Å². The summed E-state index contributed by atoms with van der Waals surface area (Å²) in [5.41, 5.74) is 13.8. The number of nitrogens with zero attached hydrogens (tertiary/aromatic N) is 4. The Labute approximate surface area is 327 Å². The van der Waals surface area contributed by atoms with Crippen molar-refractivity contribution in [3.63, 3.8) is 0 Å². The standard InChI is InChI=1S/C51H32N4S/c1-5-15-34(16-6-1)43-32-44(54-51(53-43)37-19-9-3-10-20-37)35-27-25-33(26-28-35)38-29-30-45-41(31-38)50-48(55(45)39-21-11-4-12-22-39)46-47(36-17-7-2-8-18-36)52-42-24-14-13-23-40(42)49(46)56-50/h1-32H. The van der Waals surface area contributed by atoms with Gasteiger partial charge in [-0.05, 0) is 47.5 Å². The van der Waals surface area contributed by atoms with Crippen molar-refractivity contribution in [1.29, 1.82) is 0 Å². The van der Waals surface area contributed by atoms with E-state index in [0.29, 0.717) is 5.82 Å². The average Bonchev–Trinajstić information content (AvgIpc) is 3.82. The first-order chi connectivity index (χ1) is 27.8. The van der Waals surface area contributed by atoms with Crippen LogP contribution in [-0.2, 0) is 0 Å². The molecule has 0 amide bonds. The van der Waals surface area contributed by atoms with E-state index in [1.807, 2.05) is 47.7 Å². The van der Waals surface area contributed by atoms with Gasteiger partial charge in [-0.25, -0.2) is 15.0 Å². The van der Waals surface area contributed by atoms with Crippen LogP contribution in [-0.4, -0.2) is 19.5 Å². The second-order valence-electron chi connectivity index (χ2n) is 14.0. The third kappa shape index (κ3) is 5.40. The Hall–Kier alpha value is -7.21. The van der Waals surface area contributed by atoms with E-state index in [1.54, 1.807) is 0 Å². The predicted octanol–water partition coefficient (Wildman–Crippen LogP) is 13.7. The Morgan fingerprint density at radius 3 is 1.64 bits per heavy atom. The molecule has 11 aromatic rings. The van der Waals surface area contributed by atoms with Crippen LogP contribution in [0.3, 0.4) is 0 Å². The number of hydrogen-bond acceptors (Lipinski definition) is 4. The highest BCUT2D eigenvalue weighted by atomic mass is 32.1. The lowest BCUT2D eigenvalue weighted by Gasteiger charge is -2.12. The fourth-order valence-electron chi connectivity index (χ4n) is 7.93. The topological polar surface area (TPSA) is 43.6 Å². The highest BCUT2D eigenvalue weighted by Gasteiger charge is 2.23. The van der Waals surface area contributed by atoms with Gasteiger partial charge in [0.2, 0.25) is 0 Å². The van der Waals surface area contributed by atoms with E-state index >= 15 is 0 Å². The number of hydrogen-bond donors (Lipinski definition) is 0. The fraction of sp³-hybridized carbons (Fsp3) is 0. The van der Waals surface area contributed by atoms with E-state index in [9.17, 15) is 0 Å². The molecular formula is C51H32N4S. The molecule has 0 bridgehead atoms. The summed E-state index contributed by atoms with van der Waals surface area (Å²) in [6.45, 7) is 0. The van der Waals surface area contributed by atoms with Gasteiger partial charge in [0, 0.05) is 48.8 Å². The van der Waals surface area contributed by atoms with Crippen LogP contribution in [0.1, 0.15) is 0 Å². The average molecular weight is 733 g/mol. The molecule has 0 saturated heterocycles. The summed E-state index contributed by atoms with van der Waals surface area (Å²) < 4.78 is 4.95. The van der Waals surface area contributed by atoms with E-state index in [0.717, 1.165) is 61.7 Å². The van der Waals surface area contributed by atoms with Gasteiger partial charge in [-0.3, -0.25) is 0 Å². The highest BCUT2D eigenvalue weighted by Crippen LogP contribution is 2.48. The van der Waals surface area contributed by atoms with Gasteiger partial charge in [0.05, 0.1) is 38.3 Å². The quantitative estimate of drug-likeness (QED) is 0.171. The molecule has 0 fully saturated rings. The van der Waals surface area contributed by atoms with E-state index in [2.05, 4.69) is 162 Å². The van der Waals surface area contributed by atoms with E-state index < -0.39 is 0 Å². The molecule has 0 atom stereocenters. The number of rotatable bonds is 6. The smallest absolute Gasteiger partial charge is 0.160 e. The maximum absolute atomic E-state index is 5.33. The van der Waals surface area contributed by atoms with Crippen molar-refractivity contribution in [2.75, 3.05) is 0 Å². The Kier molecular flexibility index (Phi) is 7.64. The molecule has 0 N–H and O–H groups in total. The van der Waals surface area contributed by atoms with Crippen LogP contribution in [0, 0.1) is 0 Å². The van der Waals surface area contributed by atoms with Crippen LogP contribution in [0.15, 0.2) is 194 Å². The minimum absolute atomic E-state index is 0.713. The molecule has 7 aromatic carbocycles. The molecule has 5 heteroatoms. The zero-order chi connectivity index (χ0) is 37.0. The molecule has 0 spiro atoms. The Morgan fingerprint density at radius 2 is 0.946 bits per heavy atom. The van der Waals surface area contributed by atoms with Gasteiger partial charge in [-0.15, -0.1) is 11.3 Å². The first kappa shape index (κ1) is 32.2. The van der Waals surface area contributed by atoms with Gasteiger partial charge in [-0.2, -0.15) is 0 Å². The Bertz CT molecular complexity index is 3150. The third-order valence-corrected chi connectivity index (χ3v) is 11.9. The lowest BCUT2D eigenvalue weighted by atomic mass is 10.0. The van der Waals surface area contributed by atoms with Gasteiger partial charge in [0.15, 0.2) is 5.82 Å². The maximum Gasteiger partial charge on any atom is 0.160 e. The van der Waals surface area contributed by atoms with Crippen LogP contribution in [0.2, 0.25) is 0 Å². The maximum atomic E-state index is 5.33. The number of pyridine rings is 1. The summed E-state index contributed by atoms with van der Waals surface area (Å²) in [5, 5.41) is 3.60. The molecule has 0 aliphatic rings. The summed E-state index contributed by atoms with van der Waals surface area (Å²) in [6.07, 6.45) is 0. The molecule has 4 nitrogen and oxygen atoms in total. The number of thiophene rings is 1. The van der Waals surface area contributed by atoms with Crippen LogP contribution in [0.5, 0.6) is 0 Å². The summed E-state index contributed by atoms with van der Waals surface area (Å²) in [6, 6.07) is 68.2. The highest BCUT2D eigenvalue weighted by molar-refractivity contribution is 7.27. The number of fused-ring (bicyclic) bond motifs is 7. The second-order valence-corrected chi connectivity index (χ2v) is 15.0. The molecular weight excluding hydrogens is 701 g/mol. The monoisotopic (exact) mass is 732 g/mol. The number of benzene rings is 7. The predicted molar refractivity (Wildman–Crippen MR) is 234 cm³/mol. The van der Waals surface area contributed by atoms with Crippen LogP contribution >= 0.6 is 11.3 Å². The number of aromatic nitrogens is 4. The van der Waals surface area contributed by atoms with Gasteiger partial charge < -0.3 is 4.57 Å². The van der Waals surface area contributed by atoms with Crippen molar-refractivity contribution in [3.8, 4) is 62.0 Å². The molecule has 0 saturated carbocycles. The molecule has 4 aromatic heterocycles. The van der Waals surface area contributed by atoms with Gasteiger partial charge in [0.25, 0.3) is 0 Å². The van der Waals surface area contributed by atoms with Crippen molar-refractivity contribution >= 4 is 53.4 Å². The van der Waals surface area contributed by atoms with E-state index in [1.165, 1.54) is 36.6 Å². The molecule has 11 rings (SSSR count). The minimum atomic E-state index is 0.713. The Morgan fingerprint density at radius 1 is 0.393 bits per heavy atom. The summed E-state index contributed by atoms with van der Waals surface area (Å²) in [4.78, 5) is 15.4. The van der Waals surface area contributed by atoms with Crippen molar-refractivity contribution in [2.24, 2.45) is 0 Å². The largest absolute Gasteiger partial charge is 0.308 e. The molecule has 0 aliphatic carbocycles. The molecule has 56 heavy (non-hydrogen) atoms. The van der Waals surface area contributed by atoms with Gasteiger partial charge in [0.1, 0.15) is 0 Å². The lowest BCUT2D eigenvalue weighted by molar-refractivity contribution is 1.18. The number of para-hydroxylation sites is 2. The van der Waals surface area contributed by atoms with Crippen LogP contribution < -0.4 is 0 Å². The van der Waals surface area contributed by atoms with Crippen molar-refractivity contribution < 1.29 is 0 Å².